The maximum absolute atomic E-state index is 12.0. The molecule has 0 aliphatic rings. The Morgan fingerprint density at radius 1 is 1.14 bits per heavy atom. The number of carbonyl (C=O) groups is 1. The Bertz CT molecular complexity index is 454. The zero-order valence-electron chi connectivity index (χ0n) is 13.5. The summed E-state index contributed by atoms with van der Waals surface area (Å²) in [5.41, 5.74) is 0.419. The van der Waals surface area contributed by atoms with Gasteiger partial charge in [0, 0.05) is 30.7 Å². The molecule has 124 valence electrons. The van der Waals surface area contributed by atoms with E-state index in [-0.39, 0.29) is 11.7 Å². The molecule has 1 aromatic carbocycles. The molecule has 0 aliphatic heterocycles. The van der Waals surface area contributed by atoms with E-state index in [2.05, 4.69) is 42.6 Å². The molecule has 1 aromatic rings. The first-order valence-corrected chi connectivity index (χ1v) is 7.40. The van der Waals surface area contributed by atoms with Crippen LogP contribution in [-0.4, -0.2) is 42.6 Å². The molecule has 0 spiro atoms. The highest BCUT2D eigenvalue weighted by atomic mass is 19.3. The second-order valence-corrected chi connectivity index (χ2v) is 5.58. The highest BCUT2D eigenvalue weighted by Gasteiger charge is 2.13. The largest absolute Gasteiger partial charge is 0.435 e. The number of halogens is 2. The van der Waals surface area contributed by atoms with Crippen molar-refractivity contribution in [3.05, 3.63) is 29.8 Å². The second-order valence-electron chi connectivity index (χ2n) is 5.58. The van der Waals surface area contributed by atoms with Crippen molar-refractivity contribution in [1.82, 2.24) is 10.2 Å². The average Bonchev–Trinajstić information content (AvgIpc) is 2.42. The summed E-state index contributed by atoms with van der Waals surface area (Å²) in [5.74, 6) is -0.187. The molecule has 22 heavy (non-hydrogen) atoms. The van der Waals surface area contributed by atoms with Crippen molar-refractivity contribution in [2.45, 2.75) is 46.4 Å². The van der Waals surface area contributed by atoms with Crippen LogP contribution in [0.15, 0.2) is 24.3 Å². The van der Waals surface area contributed by atoms with Crippen molar-refractivity contribution in [3.63, 3.8) is 0 Å². The first kappa shape index (κ1) is 18.4. The Hall–Kier alpha value is -1.69. The molecule has 0 radical (unpaired) electrons. The van der Waals surface area contributed by atoms with Gasteiger partial charge in [-0.15, -0.1) is 0 Å². The summed E-state index contributed by atoms with van der Waals surface area (Å²) in [6, 6.07) is 6.46. The Morgan fingerprint density at radius 3 is 2.14 bits per heavy atom. The van der Waals surface area contributed by atoms with Gasteiger partial charge in [0.1, 0.15) is 5.75 Å². The first-order chi connectivity index (χ1) is 10.3. The molecule has 0 unspecified atom stereocenters. The average molecular weight is 314 g/mol. The second kappa shape index (κ2) is 8.68. The Labute approximate surface area is 130 Å². The standard InChI is InChI=1S/C16H24F2N2O2/c1-11(2)20(12(3)4)10-9-19-15(21)13-5-7-14(8-6-13)22-16(17)18/h5-8,11-12,16H,9-10H2,1-4H3,(H,19,21). The van der Waals surface area contributed by atoms with Crippen molar-refractivity contribution >= 4 is 5.91 Å². The van der Waals surface area contributed by atoms with Gasteiger partial charge in [0.15, 0.2) is 0 Å². The van der Waals surface area contributed by atoms with Crippen molar-refractivity contribution in [2.24, 2.45) is 0 Å². The molecular weight excluding hydrogens is 290 g/mol. The third-order valence-corrected chi connectivity index (χ3v) is 3.32. The molecule has 0 heterocycles. The van der Waals surface area contributed by atoms with E-state index < -0.39 is 6.61 Å². The van der Waals surface area contributed by atoms with Gasteiger partial charge in [0.05, 0.1) is 0 Å². The van der Waals surface area contributed by atoms with Crippen LogP contribution in [0.4, 0.5) is 8.78 Å². The van der Waals surface area contributed by atoms with Gasteiger partial charge in [0.2, 0.25) is 0 Å². The van der Waals surface area contributed by atoms with E-state index in [9.17, 15) is 13.6 Å². The number of nitrogens with zero attached hydrogens (tertiary/aromatic N) is 1. The summed E-state index contributed by atoms with van der Waals surface area (Å²) >= 11 is 0. The number of benzene rings is 1. The summed E-state index contributed by atoms with van der Waals surface area (Å²) in [6.07, 6.45) is 0. The lowest BCUT2D eigenvalue weighted by molar-refractivity contribution is -0.0498. The molecule has 1 N–H and O–H groups in total. The number of carbonyl (C=O) groups excluding carboxylic acids is 1. The fraction of sp³-hybridized carbons (Fsp3) is 0.562. The van der Waals surface area contributed by atoms with Gasteiger partial charge >= 0.3 is 6.61 Å². The van der Waals surface area contributed by atoms with Crippen molar-refractivity contribution in [1.29, 1.82) is 0 Å². The van der Waals surface area contributed by atoms with E-state index in [1.807, 2.05) is 0 Å². The Kier molecular flexibility index (Phi) is 7.24. The van der Waals surface area contributed by atoms with Crippen LogP contribution in [0.1, 0.15) is 38.1 Å². The smallest absolute Gasteiger partial charge is 0.387 e. The summed E-state index contributed by atoms with van der Waals surface area (Å²) in [5, 5.41) is 2.83. The number of amides is 1. The molecule has 0 saturated heterocycles. The minimum Gasteiger partial charge on any atom is -0.435 e. The fourth-order valence-corrected chi connectivity index (χ4v) is 2.30. The molecule has 0 bridgehead atoms. The van der Waals surface area contributed by atoms with Crippen LogP contribution in [0.25, 0.3) is 0 Å². The topological polar surface area (TPSA) is 41.6 Å². The number of hydrogen-bond donors (Lipinski definition) is 1. The SMILES string of the molecule is CC(C)N(CCNC(=O)c1ccc(OC(F)F)cc1)C(C)C. The Balaban J connectivity index is 2.48. The van der Waals surface area contributed by atoms with Gasteiger partial charge in [-0.2, -0.15) is 8.78 Å². The van der Waals surface area contributed by atoms with Crippen LogP contribution in [0.3, 0.4) is 0 Å². The van der Waals surface area contributed by atoms with Crippen LogP contribution >= 0.6 is 0 Å². The van der Waals surface area contributed by atoms with Crippen LogP contribution in [-0.2, 0) is 0 Å². The maximum Gasteiger partial charge on any atom is 0.387 e. The Morgan fingerprint density at radius 2 is 1.68 bits per heavy atom. The third-order valence-electron chi connectivity index (χ3n) is 3.32. The number of nitrogens with one attached hydrogen (secondary N) is 1. The molecule has 1 amide bonds. The summed E-state index contributed by atoms with van der Waals surface area (Å²) in [6.45, 7) is 6.89. The highest BCUT2D eigenvalue weighted by molar-refractivity contribution is 5.94. The number of rotatable bonds is 8. The van der Waals surface area contributed by atoms with E-state index in [0.29, 0.717) is 24.2 Å². The maximum atomic E-state index is 12.0. The fourth-order valence-electron chi connectivity index (χ4n) is 2.30. The van der Waals surface area contributed by atoms with Gasteiger partial charge in [0.25, 0.3) is 5.91 Å². The van der Waals surface area contributed by atoms with Crippen molar-refractivity contribution in [2.75, 3.05) is 13.1 Å². The molecule has 1 rings (SSSR count). The van der Waals surface area contributed by atoms with Gasteiger partial charge in [-0.1, -0.05) is 0 Å². The molecular formula is C16H24F2N2O2. The zero-order chi connectivity index (χ0) is 16.7. The molecule has 0 aromatic heterocycles. The quantitative estimate of drug-likeness (QED) is 0.801. The van der Waals surface area contributed by atoms with E-state index in [1.165, 1.54) is 24.3 Å². The molecule has 0 atom stereocenters. The van der Waals surface area contributed by atoms with Crippen LogP contribution in [0.5, 0.6) is 5.75 Å². The lowest BCUT2D eigenvalue weighted by atomic mass is 10.2. The van der Waals surface area contributed by atoms with Crippen molar-refractivity contribution in [3.8, 4) is 5.75 Å². The van der Waals surface area contributed by atoms with Gasteiger partial charge in [-0.25, -0.2) is 0 Å². The van der Waals surface area contributed by atoms with E-state index in [1.54, 1.807) is 0 Å². The molecule has 6 heteroatoms. The lowest BCUT2D eigenvalue weighted by Crippen LogP contribution is -2.42. The normalized spacial score (nSPS) is 11.5. The summed E-state index contributed by atoms with van der Waals surface area (Å²) in [7, 11) is 0. The minimum atomic E-state index is -2.86. The summed E-state index contributed by atoms with van der Waals surface area (Å²) in [4.78, 5) is 14.3. The molecule has 0 fully saturated rings. The van der Waals surface area contributed by atoms with Crippen LogP contribution in [0, 0.1) is 0 Å². The summed E-state index contributed by atoms with van der Waals surface area (Å²) < 4.78 is 28.3. The predicted molar refractivity (Wildman–Crippen MR) is 82.4 cm³/mol. The van der Waals surface area contributed by atoms with Gasteiger partial charge in [-0.3, -0.25) is 9.69 Å². The number of alkyl halides is 2. The van der Waals surface area contributed by atoms with Gasteiger partial charge < -0.3 is 10.1 Å². The monoisotopic (exact) mass is 314 g/mol. The third kappa shape index (κ3) is 5.97. The van der Waals surface area contributed by atoms with E-state index in [0.717, 1.165) is 6.54 Å². The lowest BCUT2D eigenvalue weighted by Gasteiger charge is -2.30. The predicted octanol–water partition coefficient (Wildman–Crippen LogP) is 3.14. The number of ether oxygens (including phenoxy) is 1. The molecule has 0 saturated carbocycles. The van der Waals surface area contributed by atoms with Crippen molar-refractivity contribution < 1.29 is 18.3 Å². The number of hydrogen-bond acceptors (Lipinski definition) is 3. The molecule has 0 aliphatic carbocycles. The van der Waals surface area contributed by atoms with Gasteiger partial charge in [-0.05, 0) is 52.0 Å². The first-order valence-electron chi connectivity index (χ1n) is 7.40. The minimum absolute atomic E-state index is 0.0392. The zero-order valence-corrected chi connectivity index (χ0v) is 13.5. The molecule has 4 nitrogen and oxygen atoms in total. The van der Waals surface area contributed by atoms with Crippen LogP contribution in [0.2, 0.25) is 0 Å². The van der Waals surface area contributed by atoms with Crippen LogP contribution < -0.4 is 10.1 Å². The van der Waals surface area contributed by atoms with E-state index >= 15 is 0 Å². The van der Waals surface area contributed by atoms with E-state index in [4.69, 9.17) is 0 Å². The highest BCUT2D eigenvalue weighted by Crippen LogP contribution is 2.14.